The first kappa shape index (κ1) is 23.2. The molecule has 0 atom stereocenters. The Labute approximate surface area is 176 Å². The first-order valence-corrected chi connectivity index (χ1v) is 9.66. The summed E-state index contributed by atoms with van der Waals surface area (Å²) < 4.78 is 39.6. The maximum atomic E-state index is 12.9. The van der Waals surface area contributed by atoms with Gasteiger partial charge in [-0.05, 0) is 36.8 Å². The van der Waals surface area contributed by atoms with E-state index >= 15 is 0 Å². The van der Waals surface area contributed by atoms with Gasteiger partial charge < -0.3 is 10.6 Å². The fourth-order valence-corrected chi connectivity index (χ4v) is 3.05. The molecule has 2 aromatic rings. The normalized spacial score (nSPS) is 11.6. The SMILES string of the molecule is CCNC(=NCc1ccc(F)cc1)NCCNS(=O)(=O)c1cccnc1.I. The standard InChI is InChI=1S/C17H22FN5O2S.HI/c1-2-20-17(22-12-14-5-7-15(18)8-6-14)21-10-11-23-26(24,25)16-4-3-9-19-13-16;/h3-9,13,23H,2,10-12H2,1H3,(H2,20,21,22);1H. The van der Waals surface area contributed by atoms with E-state index in [1.54, 1.807) is 18.2 Å². The monoisotopic (exact) mass is 507 g/mol. The van der Waals surface area contributed by atoms with Gasteiger partial charge in [0.25, 0.3) is 0 Å². The van der Waals surface area contributed by atoms with Gasteiger partial charge in [-0.3, -0.25) is 4.98 Å². The van der Waals surface area contributed by atoms with Crippen LogP contribution in [0.25, 0.3) is 0 Å². The quantitative estimate of drug-likeness (QED) is 0.220. The first-order valence-electron chi connectivity index (χ1n) is 8.17. The minimum absolute atomic E-state index is 0. The Bertz CT molecular complexity index is 817. The number of guanidine groups is 1. The van der Waals surface area contributed by atoms with Gasteiger partial charge >= 0.3 is 0 Å². The van der Waals surface area contributed by atoms with Gasteiger partial charge in [-0.15, -0.1) is 24.0 Å². The van der Waals surface area contributed by atoms with E-state index in [0.717, 1.165) is 5.56 Å². The second-order valence-electron chi connectivity index (χ2n) is 5.33. The van der Waals surface area contributed by atoms with Crippen molar-refractivity contribution in [3.05, 3.63) is 60.2 Å². The summed E-state index contributed by atoms with van der Waals surface area (Å²) in [5.41, 5.74) is 0.876. The van der Waals surface area contributed by atoms with Crippen molar-refractivity contribution in [3.8, 4) is 0 Å². The molecule has 0 amide bonds. The molecule has 0 fully saturated rings. The highest BCUT2D eigenvalue weighted by atomic mass is 127. The molecule has 1 heterocycles. The molecule has 0 bridgehead atoms. The summed E-state index contributed by atoms with van der Waals surface area (Å²) in [5.74, 6) is 0.265. The van der Waals surface area contributed by atoms with Crippen molar-refractivity contribution in [3.63, 3.8) is 0 Å². The smallest absolute Gasteiger partial charge is 0.242 e. The van der Waals surface area contributed by atoms with E-state index in [1.165, 1.54) is 30.6 Å². The van der Waals surface area contributed by atoms with Crippen LogP contribution in [0.2, 0.25) is 0 Å². The number of aliphatic imine (C=N–C) groups is 1. The Morgan fingerprint density at radius 2 is 1.89 bits per heavy atom. The van der Waals surface area contributed by atoms with Crippen LogP contribution in [0.15, 0.2) is 58.7 Å². The first-order chi connectivity index (χ1) is 12.5. The third-order valence-electron chi connectivity index (χ3n) is 3.33. The van der Waals surface area contributed by atoms with Gasteiger partial charge in [-0.25, -0.2) is 22.5 Å². The van der Waals surface area contributed by atoms with Crippen LogP contribution in [0.4, 0.5) is 4.39 Å². The van der Waals surface area contributed by atoms with Crippen molar-refractivity contribution >= 4 is 40.0 Å². The van der Waals surface area contributed by atoms with E-state index in [1.807, 2.05) is 6.92 Å². The zero-order valence-electron chi connectivity index (χ0n) is 14.9. The van der Waals surface area contributed by atoms with E-state index in [4.69, 9.17) is 0 Å². The predicted molar refractivity (Wildman–Crippen MR) is 114 cm³/mol. The summed E-state index contributed by atoms with van der Waals surface area (Å²) >= 11 is 0. The Kier molecular flexibility index (Phi) is 10.2. The van der Waals surface area contributed by atoms with E-state index in [-0.39, 0.29) is 41.2 Å². The van der Waals surface area contributed by atoms with Crippen LogP contribution in [0.1, 0.15) is 12.5 Å². The number of rotatable bonds is 8. The molecule has 148 valence electrons. The maximum Gasteiger partial charge on any atom is 0.242 e. The highest BCUT2D eigenvalue weighted by Crippen LogP contribution is 2.05. The number of benzene rings is 1. The number of halogens is 2. The summed E-state index contributed by atoms with van der Waals surface area (Å²) in [4.78, 5) is 8.32. The largest absolute Gasteiger partial charge is 0.357 e. The minimum Gasteiger partial charge on any atom is -0.357 e. The summed E-state index contributed by atoms with van der Waals surface area (Å²) in [6.07, 6.45) is 2.81. The Balaban J connectivity index is 0.00000364. The lowest BCUT2D eigenvalue weighted by Crippen LogP contribution is -2.41. The molecule has 2 rings (SSSR count). The predicted octanol–water partition coefficient (Wildman–Crippen LogP) is 1.87. The summed E-state index contributed by atoms with van der Waals surface area (Å²) in [5, 5.41) is 6.12. The van der Waals surface area contributed by atoms with Gasteiger partial charge in [-0.1, -0.05) is 12.1 Å². The molecule has 0 aliphatic rings. The van der Waals surface area contributed by atoms with Crippen molar-refractivity contribution in [2.75, 3.05) is 19.6 Å². The molecule has 0 radical (unpaired) electrons. The molecule has 0 aliphatic carbocycles. The zero-order valence-corrected chi connectivity index (χ0v) is 18.0. The van der Waals surface area contributed by atoms with Gasteiger partial charge in [0.1, 0.15) is 10.7 Å². The maximum absolute atomic E-state index is 12.9. The van der Waals surface area contributed by atoms with Crippen molar-refractivity contribution < 1.29 is 12.8 Å². The van der Waals surface area contributed by atoms with Crippen LogP contribution < -0.4 is 15.4 Å². The van der Waals surface area contributed by atoms with E-state index < -0.39 is 10.0 Å². The number of hydrogen-bond donors (Lipinski definition) is 3. The van der Waals surface area contributed by atoms with Crippen LogP contribution in [-0.2, 0) is 16.6 Å². The molecule has 0 aliphatic heterocycles. The van der Waals surface area contributed by atoms with Gasteiger partial charge in [0.2, 0.25) is 10.0 Å². The number of nitrogens with zero attached hydrogens (tertiary/aromatic N) is 2. The lowest BCUT2D eigenvalue weighted by Gasteiger charge is -2.12. The van der Waals surface area contributed by atoms with Crippen LogP contribution >= 0.6 is 24.0 Å². The molecule has 0 unspecified atom stereocenters. The topological polar surface area (TPSA) is 95.5 Å². The summed E-state index contributed by atoms with van der Waals surface area (Å²) in [6, 6.07) is 9.17. The highest BCUT2D eigenvalue weighted by molar-refractivity contribution is 14.0. The molecule has 27 heavy (non-hydrogen) atoms. The van der Waals surface area contributed by atoms with Crippen molar-refractivity contribution in [1.29, 1.82) is 0 Å². The average Bonchev–Trinajstić information content (AvgIpc) is 2.65. The molecule has 3 N–H and O–H groups in total. The lowest BCUT2D eigenvalue weighted by atomic mass is 10.2. The highest BCUT2D eigenvalue weighted by Gasteiger charge is 2.12. The van der Waals surface area contributed by atoms with E-state index in [9.17, 15) is 12.8 Å². The van der Waals surface area contributed by atoms with Crippen molar-refractivity contribution in [2.45, 2.75) is 18.4 Å². The number of aromatic nitrogens is 1. The zero-order chi connectivity index (χ0) is 18.8. The summed E-state index contributed by atoms with van der Waals surface area (Å²) in [7, 11) is -3.58. The van der Waals surface area contributed by atoms with Crippen LogP contribution in [-0.4, -0.2) is 39.0 Å². The number of sulfonamides is 1. The molecule has 10 heteroatoms. The van der Waals surface area contributed by atoms with Gasteiger partial charge in [0.15, 0.2) is 5.96 Å². The fourth-order valence-electron chi connectivity index (χ4n) is 2.06. The molecule has 7 nitrogen and oxygen atoms in total. The molecule has 1 aromatic heterocycles. The fraction of sp³-hybridized carbons (Fsp3) is 0.294. The second kappa shape index (κ2) is 11.8. The molecular formula is C17H23FIN5O2S. The molecule has 0 saturated heterocycles. The minimum atomic E-state index is -3.58. The van der Waals surface area contributed by atoms with Gasteiger partial charge in [0, 0.05) is 32.0 Å². The molecule has 0 spiro atoms. The lowest BCUT2D eigenvalue weighted by molar-refractivity contribution is 0.580. The number of nitrogens with one attached hydrogen (secondary N) is 3. The van der Waals surface area contributed by atoms with Gasteiger partial charge in [-0.2, -0.15) is 0 Å². The third-order valence-corrected chi connectivity index (χ3v) is 4.78. The average molecular weight is 507 g/mol. The Morgan fingerprint density at radius 1 is 1.15 bits per heavy atom. The third kappa shape index (κ3) is 8.18. The van der Waals surface area contributed by atoms with Crippen LogP contribution in [0.3, 0.4) is 0 Å². The van der Waals surface area contributed by atoms with Gasteiger partial charge in [0.05, 0.1) is 6.54 Å². The van der Waals surface area contributed by atoms with Crippen LogP contribution in [0, 0.1) is 5.82 Å². The second-order valence-corrected chi connectivity index (χ2v) is 7.10. The molecular weight excluding hydrogens is 484 g/mol. The van der Waals surface area contributed by atoms with E-state index in [2.05, 4.69) is 25.3 Å². The van der Waals surface area contributed by atoms with E-state index in [0.29, 0.717) is 25.6 Å². The summed E-state index contributed by atoms with van der Waals surface area (Å²) in [6.45, 7) is 3.53. The Hall–Kier alpha value is -1.79. The Morgan fingerprint density at radius 3 is 2.52 bits per heavy atom. The van der Waals surface area contributed by atoms with Crippen LogP contribution in [0.5, 0.6) is 0 Å². The molecule has 1 aromatic carbocycles. The number of pyridine rings is 1. The number of hydrogen-bond acceptors (Lipinski definition) is 4. The van der Waals surface area contributed by atoms with Crippen molar-refractivity contribution in [2.24, 2.45) is 4.99 Å². The van der Waals surface area contributed by atoms with Crippen molar-refractivity contribution in [1.82, 2.24) is 20.3 Å². The molecule has 0 saturated carbocycles.